The predicted molar refractivity (Wildman–Crippen MR) is 336 cm³/mol. The van der Waals surface area contributed by atoms with Crippen molar-refractivity contribution in [3.05, 3.63) is 222 Å². The second kappa shape index (κ2) is 21.0. The van der Waals surface area contributed by atoms with Gasteiger partial charge in [-0.05, 0) is 128 Å². The van der Waals surface area contributed by atoms with E-state index < -0.39 is 13.2 Å². The number of fused-ring (bicyclic) bond motifs is 5. The van der Waals surface area contributed by atoms with Crippen molar-refractivity contribution in [2.75, 3.05) is 9.80 Å². The Morgan fingerprint density at radius 1 is 0.630 bits per heavy atom. The Labute approximate surface area is 503 Å². The number of rotatable bonds is 10. The molecule has 414 valence electrons. The van der Waals surface area contributed by atoms with Crippen LogP contribution in [0.15, 0.2) is 170 Å². The Morgan fingerprint density at radius 2 is 1.27 bits per heavy atom. The molecule has 0 saturated carbocycles. The molecular formula is C75H75N4OPt-3. The molecule has 0 unspecified atom stereocenters. The first-order valence-electron chi connectivity index (χ1n) is 30.8. The van der Waals surface area contributed by atoms with Crippen LogP contribution in [-0.4, -0.2) is 9.55 Å². The molecule has 0 bridgehead atoms. The second-order valence-corrected chi connectivity index (χ2v) is 25.7. The zero-order chi connectivity index (χ0) is 60.3. The van der Waals surface area contributed by atoms with Gasteiger partial charge in [0.1, 0.15) is 5.82 Å². The Kier molecular flexibility index (Phi) is 12.8. The largest absolute Gasteiger partial charge is 0.509 e. The molecule has 12 rings (SSSR count). The van der Waals surface area contributed by atoms with Crippen LogP contribution in [0, 0.1) is 31.6 Å². The maximum atomic E-state index is 9.78. The van der Waals surface area contributed by atoms with Crippen LogP contribution < -0.4 is 14.5 Å². The third-order valence-corrected chi connectivity index (χ3v) is 16.5. The molecule has 5 nitrogen and oxygen atoms in total. The van der Waals surface area contributed by atoms with Crippen LogP contribution in [0.25, 0.3) is 61.0 Å². The predicted octanol–water partition coefficient (Wildman–Crippen LogP) is 20.4. The van der Waals surface area contributed by atoms with Crippen molar-refractivity contribution in [2.24, 2.45) is 5.92 Å². The summed E-state index contributed by atoms with van der Waals surface area (Å²) >= 11 is 0. The standard InChI is InChI=1S/C75H75N4O.Pt/c1-48(2)38-51-42-69(76-46-63(51)61-28-21-29-64-70(61)75(12,13)37-36-74(64,10)11)79-65-35-32-49(3)39-62(65)60-34-33-57(45-68(60)79)80-56-25-19-24-55(44-56)77-47-78(67-31-18-17-30-66(67)77)71-58(50-22-15-14-16-23-50)26-20-27-59(71)52-40-53(72(4,5)6)43-54(41-52)73(7,8)9;/h14-35,39-43,46-48H,36-38H2,1-13H3;/q-3;/i3D3,38D2;. The van der Waals surface area contributed by atoms with Gasteiger partial charge in [0.25, 0.3) is 0 Å². The summed E-state index contributed by atoms with van der Waals surface area (Å²) in [5.41, 5.74) is 16.9. The molecule has 1 aliphatic heterocycles. The van der Waals surface area contributed by atoms with Gasteiger partial charge in [0.15, 0.2) is 0 Å². The summed E-state index contributed by atoms with van der Waals surface area (Å²) in [6.07, 6.45) is 2.14. The first-order valence-corrected chi connectivity index (χ1v) is 28.3. The quantitative estimate of drug-likeness (QED) is 0.128. The van der Waals surface area contributed by atoms with Crippen molar-refractivity contribution in [1.82, 2.24) is 9.55 Å². The number of aromatic nitrogens is 2. The molecule has 0 saturated heterocycles. The van der Waals surface area contributed by atoms with Crippen LogP contribution in [0.1, 0.15) is 136 Å². The number of aryl methyl sites for hydroxylation is 1. The summed E-state index contributed by atoms with van der Waals surface area (Å²) in [6.45, 7) is 26.6. The van der Waals surface area contributed by atoms with Crippen molar-refractivity contribution in [3.63, 3.8) is 0 Å². The van der Waals surface area contributed by atoms with E-state index in [1.165, 1.54) is 22.3 Å². The first kappa shape index (κ1) is 49.6. The van der Waals surface area contributed by atoms with Gasteiger partial charge in [-0.1, -0.05) is 203 Å². The number of para-hydroxylation sites is 3. The van der Waals surface area contributed by atoms with Crippen LogP contribution >= 0.6 is 0 Å². The van der Waals surface area contributed by atoms with E-state index in [1.807, 2.05) is 67.1 Å². The minimum atomic E-state index is -2.35. The second-order valence-electron chi connectivity index (χ2n) is 25.7. The van der Waals surface area contributed by atoms with Crippen LogP contribution in [0.4, 0.5) is 22.7 Å². The number of benzene rings is 8. The van der Waals surface area contributed by atoms with Gasteiger partial charge in [0.05, 0.1) is 0 Å². The minimum absolute atomic E-state index is 0. The average Bonchev–Trinajstić information content (AvgIpc) is 1.32. The fourth-order valence-electron chi connectivity index (χ4n) is 12.2. The molecule has 1 aliphatic carbocycles. The molecule has 8 aromatic carbocycles. The summed E-state index contributed by atoms with van der Waals surface area (Å²) < 4.78 is 53.5. The minimum Gasteiger partial charge on any atom is -0.509 e. The molecule has 0 spiro atoms. The van der Waals surface area contributed by atoms with E-state index in [4.69, 9.17) is 13.8 Å². The summed E-state index contributed by atoms with van der Waals surface area (Å²) in [7, 11) is 0. The molecule has 0 radical (unpaired) electrons. The number of ether oxygens (including phenoxy) is 1. The SMILES string of the molecule is [2H]C([2H])([2H])c1ccc2c(c1)c1ccc(Oc3[c-]c(N4[CH-]N(c5c(-c6ccccc6)cccc5-c5cc(C(C)(C)C)cc(C(C)(C)C)c5)c5ccccc54)ccc3)[c-]c1n2-c1cc(C([2H])([2H])C(C)C)c(-c2cccc3c2C(C)(C)CCC3(C)C)cn1.[Pt]. The molecule has 2 aliphatic rings. The summed E-state index contributed by atoms with van der Waals surface area (Å²) in [4.78, 5) is 9.72. The van der Waals surface area contributed by atoms with Gasteiger partial charge in [-0.25, -0.2) is 4.98 Å². The smallest absolute Gasteiger partial charge is 0.135 e. The molecule has 6 heteroatoms. The molecular weight excluding hydrogens is 1170 g/mol. The monoisotopic (exact) mass is 1250 g/mol. The number of nitrogens with zero attached hydrogens (tertiary/aromatic N) is 4. The zero-order valence-corrected chi connectivity index (χ0v) is 51.0. The van der Waals surface area contributed by atoms with E-state index in [9.17, 15) is 2.74 Å². The van der Waals surface area contributed by atoms with E-state index in [0.717, 1.165) is 74.4 Å². The van der Waals surface area contributed by atoms with E-state index in [2.05, 4.69) is 207 Å². The topological polar surface area (TPSA) is 33.5 Å². The van der Waals surface area contributed by atoms with E-state index >= 15 is 0 Å². The van der Waals surface area contributed by atoms with E-state index in [-0.39, 0.29) is 54.2 Å². The van der Waals surface area contributed by atoms with Gasteiger partial charge in [0, 0.05) is 84.9 Å². The van der Waals surface area contributed by atoms with Crippen LogP contribution in [0.2, 0.25) is 0 Å². The number of pyridine rings is 1. The number of hydrogen-bond acceptors (Lipinski definition) is 4. The van der Waals surface area contributed by atoms with Gasteiger partial charge in [-0.3, -0.25) is 0 Å². The Bertz CT molecular complexity index is 4210. The van der Waals surface area contributed by atoms with Gasteiger partial charge >= 0.3 is 0 Å². The zero-order valence-electron chi connectivity index (χ0n) is 53.7. The van der Waals surface area contributed by atoms with E-state index in [1.54, 1.807) is 12.1 Å². The van der Waals surface area contributed by atoms with Gasteiger partial charge in [0.2, 0.25) is 0 Å². The number of anilines is 4. The third-order valence-electron chi connectivity index (χ3n) is 16.5. The molecule has 0 atom stereocenters. The average molecular weight is 1250 g/mol. The van der Waals surface area contributed by atoms with Gasteiger partial charge < -0.3 is 19.1 Å². The van der Waals surface area contributed by atoms with Gasteiger partial charge in [-0.15, -0.1) is 48.1 Å². The fraction of sp³-hybridized carbons (Fsp3) is 0.280. The van der Waals surface area contributed by atoms with Crippen molar-refractivity contribution < 1.29 is 32.7 Å². The molecule has 0 amide bonds. The summed E-state index contributed by atoms with van der Waals surface area (Å²) in [5, 5.41) is 1.46. The van der Waals surface area contributed by atoms with Crippen molar-refractivity contribution in [1.29, 1.82) is 0 Å². The summed E-state index contributed by atoms with van der Waals surface area (Å²) in [5.74, 6) is 0.991. The fourth-order valence-corrected chi connectivity index (χ4v) is 12.2. The molecule has 0 fully saturated rings. The third kappa shape index (κ3) is 10.3. The number of hydrogen-bond donors (Lipinski definition) is 0. The Morgan fingerprint density at radius 3 is 1.98 bits per heavy atom. The normalized spacial score (nSPS) is 16.0. The van der Waals surface area contributed by atoms with Gasteiger partial charge in [-0.2, -0.15) is 12.1 Å². The van der Waals surface area contributed by atoms with E-state index in [0.29, 0.717) is 39.3 Å². The Hall–Kier alpha value is -7.20. The molecule has 10 aromatic rings. The first-order chi connectivity index (χ1) is 40.1. The maximum absolute atomic E-state index is 9.78. The van der Waals surface area contributed by atoms with Crippen molar-refractivity contribution >= 4 is 44.6 Å². The molecule has 3 heterocycles. The van der Waals surface area contributed by atoms with Crippen molar-refractivity contribution in [2.45, 2.75) is 131 Å². The van der Waals surface area contributed by atoms with Crippen molar-refractivity contribution in [3.8, 4) is 50.7 Å². The molecule has 81 heavy (non-hydrogen) atoms. The van der Waals surface area contributed by atoms with Crippen LogP contribution in [0.3, 0.4) is 0 Å². The molecule has 2 aromatic heterocycles. The Balaban J connectivity index is 0.00000768. The maximum Gasteiger partial charge on any atom is 0.135 e. The van der Waals surface area contributed by atoms with Crippen LogP contribution in [-0.2, 0) is 49.1 Å². The van der Waals surface area contributed by atoms with Crippen LogP contribution in [0.5, 0.6) is 11.5 Å². The summed E-state index contributed by atoms with van der Waals surface area (Å²) in [6, 6.07) is 63.4. The molecule has 0 N–H and O–H groups in total.